The Morgan fingerprint density at radius 1 is 0.535 bits per heavy atom. The Kier molecular flexibility index (Phi) is 24.9. The zero-order chi connectivity index (χ0) is 53.5. The number of hydrogen-bond donors (Lipinski definition) is 16. The van der Waals surface area contributed by atoms with E-state index in [0.29, 0.717) is 24.0 Å². The molecule has 2 aromatic rings. The lowest BCUT2D eigenvalue weighted by molar-refractivity contribution is -0.142. The van der Waals surface area contributed by atoms with Crippen LogP contribution in [0.15, 0.2) is 48.5 Å². The second-order valence-electron chi connectivity index (χ2n) is 17.0. The molecule has 8 amide bonds. The second-order valence-corrected chi connectivity index (χ2v) is 17.0. The van der Waals surface area contributed by atoms with Gasteiger partial charge in [0.2, 0.25) is 47.3 Å². The standard InChI is InChI=1S/C45H66N10O16/c1-22(2)37(45(71)50-29(7-5-6-16-46)39(65)48-20-35(62)63)55-43(69)33(21-56)54-42(68)32(19-34(60)61)51-38(64)23(3)49-40(66)30(17-25-8-12-27(58)13-9-25)52-41(67)31(53-44(70)36(47)24(4)57)18-26-10-14-28(59)15-11-26/h8-15,22-24,29-33,36-37,56-59H,5-7,16-21,46-47H2,1-4H3,(H,48,65)(H,49,66)(H,50,71)(H,51,64)(H,52,67)(H,53,70)(H,54,68)(H,55,69)(H,60,61)(H,62,63)/t23-,24+,29-,30-,31-,32-,33-,36-,37-/m0/s1. The Bertz CT molecular complexity index is 2160. The van der Waals surface area contributed by atoms with Gasteiger partial charge in [-0.2, -0.15) is 0 Å². The van der Waals surface area contributed by atoms with Gasteiger partial charge in [0.15, 0.2) is 0 Å². The average molecular weight is 1000 g/mol. The summed E-state index contributed by atoms with van der Waals surface area (Å²) in [4.78, 5) is 130. The molecule has 0 aliphatic rings. The first-order valence-electron chi connectivity index (χ1n) is 22.5. The highest BCUT2D eigenvalue weighted by atomic mass is 16.4. The Morgan fingerprint density at radius 2 is 0.986 bits per heavy atom. The van der Waals surface area contributed by atoms with Crippen LogP contribution in [0.3, 0.4) is 0 Å². The van der Waals surface area contributed by atoms with E-state index in [1.54, 1.807) is 0 Å². The highest BCUT2D eigenvalue weighted by Gasteiger charge is 2.35. The van der Waals surface area contributed by atoms with Crippen LogP contribution in [0.1, 0.15) is 64.5 Å². The van der Waals surface area contributed by atoms with Gasteiger partial charge in [-0.15, -0.1) is 0 Å². The first-order chi connectivity index (χ1) is 33.4. The minimum atomic E-state index is -1.94. The largest absolute Gasteiger partial charge is 0.508 e. The number of nitrogens with one attached hydrogen (secondary N) is 8. The molecule has 26 heteroatoms. The van der Waals surface area contributed by atoms with Crippen molar-refractivity contribution < 1.29 is 78.6 Å². The van der Waals surface area contributed by atoms with E-state index in [1.165, 1.54) is 69.3 Å². The smallest absolute Gasteiger partial charge is 0.322 e. The van der Waals surface area contributed by atoms with E-state index in [1.807, 2.05) is 0 Å². The summed E-state index contributed by atoms with van der Waals surface area (Å²) in [6, 6.07) is -1.23. The number of aliphatic hydroxyl groups excluding tert-OH is 2. The summed E-state index contributed by atoms with van der Waals surface area (Å²) >= 11 is 0. The molecule has 0 aliphatic heterocycles. The van der Waals surface area contributed by atoms with Crippen molar-refractivity contribution in [2.75, 3.05) is 19.7 Å². The van der Waals surface area contributed by atoms with E-state index in [4.69, 9.17) is 16.6 Å². The highest BCUT2D eigenvalue weighted by molar-refractivity contribution is 5.99. The Labute approximate surface area is 408 Å². The third-order valence-electron chi connectivity index (χ3n) is 10.7. The van der Waals surface area contributed by atoms with Crippen molar-refractivity contribution in [2.24, 2.45) is 17.4 Å². The van der Waals surface area contributed by atoms with Gasteiger partial charge in [-0.3, -0.25) is 47.9 Å². The van der Waals surface area contributed by atoms with Crippen LogP contribution < -0.4 is 54.0 Å². The van der Waals surface area contributed by atoms with E-state index in [2.05, 4.69) is 42.5 Å². The molecule has 0 heterocycles. The third kappa shape index (κ3) is 21.0. The number of hydrogen-bond acceptors (Lipinski definition) is 16. The number of aliphatic hydroxyl groups is 2. The van der Waals surface area contributed by atoms with Crippen LogP contribution in [0.2, 0.25) is 0 Å². The normalized spacial score (nSPS) is 14.8. The molecule has 71 heavy (non-hydrogen) atoms. The van der Waals surface area contributed by atoms with Gasteiger partial charge in [0.05, 0.1) is 19.1 Å². The van der Waals surface area contributed by atoms with E-state index in [0.717, 1.165) is 6.92 Å². The number of aliphatic carboxylic acids is 2. The maximum atomic E-state index is 13.9. The second kappa shape index (κ2) is 29.6. The van der Waals surface area contributed by atoms with Gasteiger partial charge in [0, 0.05) is 12.8 Å². The van der Waals surface area contributed by atoms with E-state index >= 15 is 0 Å². The molecule has 0 saturated carbocycles. The van der Waals surface area contributed by atoms with Crippen molar-refractivity contribution in [3.05, 3.63) is 59.7 Å². The predicted molar refractivity (Wildman–Crippen MR) is 250 cm³/mol. The number of carbonyl (C=O) groups is 10. The van der Waals surface area contributed by atoms with Gasteiger partial charge >= 0.3 is 11.9 Å². The number of aromatic hydroxyl groups is 2. The van der Waals surface area contributed by atoms with Crippen molar-refractivity contribution in [1.29, 1.82) is 0 Å². The fraction of sp³-hybridized carbons (Fsp3) is 0.511. The van der Waals surface area contributed by atoms with Crippen LogP contribution in [0.25, 0.3) is 0 Å². The molecule has 0 radical (unpaired) electrons. The highest BCUT2D eigenvalue weighted by Crippen LogP contribution is 2.15. The summed E-state index contributed by atoms with van der Waals surface area (Å²) in [5.74, 6) is -11.9. The van der Waals surface area contributed by atoms with Crippen LogP contribution in [-0.2, 0) is 60.8 Å². The molecule has 18 N–H and O–H groups in total. The molecule has 0 fully saturated rings. The van der Waals surface area contributed by atoms with Crippen molar-refractivity contribution >= 4 is 59.2 Å². The summed E-state index contributed by atoms with van der Waals surface area (Å²) in [6.07, 6.45) is -1.94. The number of phenolic OH excluding ortho intramolecular Hbond substituents is 2. The summed E-state index contributed by atoms with van der Waals surface area (Å²) in [7, 11) is 0. The van der Waals surface area contributed by atoms with E-state index in [9.17, 15) is 73.5 Å². The van der Waals surface area contributed by atoms with Crippen LogP contribution in [0, 0.1) is 5.92 Å². The summed E-state index contributed by atoms with van der Waals surface area (Å²) in [6.45, 7) is 3.92. The van der Waals surface area contributed by atoms with Gasteiger partial charge in [-0.05, 0) is 81.0 Å². The predicted octanol–water partition coefficient (Wildman–Crippen LogP) is -4.54. The van der Waals surface area contributed by atoms with Crippen LogP contribution in [-0.4, -0.2) is 164 Å². The van der Waals surface area contributed by atoms with Crippen molar-refractivity contribution in [3.63, 3.8) is 0 Å². The van der Waals surface area contributed by atoms with Gasteiger partial charge < -0.3 is 84.6 Å². The molecule has 26 nitrogen and oxygen atoms in total. The van der Waals surface area contributed by atoms with Crippen LogP contribution in [0.4, 0.5) is 0 Å². The van der Waals surface area contributed by atoms with Gasteiger partial charge in [-0.1, -0.05) is 38.1 Å². The molecule has 0 aliphatic carbocycles. The maximum absolute atomic E-state index is 13.9. The number of carboxylic acids is 2. The topological polar surface area (TPSA) is 440 Å². The van der Waals surface area contributed by atoms with E-state index in [-0.39, 0.29) is 37.3 Å². The zero-order valence-corrected chi connectivity index (χ0v) is 39.7. The molecule has 0 spiro atoms. The summed E-state index contributed by atoms with van der Waals surface area (Å²) in [5.41, 5.74) is 12.2. The number of carboxylic acid groups (broad SMARTS) is 2. The lowest BCUT2D eigenvalue weighted by Crippen LogP contribution is -2.61. The molecule has 9 atom stereocenters. The van der Waals surface area contributed by atoms with Crippen LogP contribution >= 0.6 is 0 Å². The minimum Gasteiger partial charge on any atom is -0.508 e. The fourth-order valence-electron chi connectivity index (χ4n) is 6.54. The van der Waals surface area contributed by atoms with Gasteiger partial charge in [-0.25, -0.2) is 0 Å². The molecule has 392 valence electrons. The number of rotatable bonds is 30. The molecule has 2 aromatic carbocycles. The number of benzene rings is 2. The van der Waals surface area contributed by atoms with Gasteiger partial charge in [0.1, 0.15) is 66.4 Å². The fourth-order valence-corrected chi connectivity index (χ4v) is 6.54. The minimum absolute atomic E-state index is 0.0604. The van der Waals surface area contributed by atoms with Crippen molar-refractivity contribution in [1.82, 2.24) is 42.5 Å². The van der Waals surface area contributed by atoms with Crippen molar-refractivity contribution in [2.45, 2.75) is 121 Å². The molecule has 0 aromatic heterocycles. The molecule has 2 rings (SSSR count). The lowest BCUT2D eigenvalue weighted by atomic mass is 10.0. The Hall–Kier alpha value is -7.42. The Balaban J connectivity index is 2.30. The lowest BCUT2D eigenvalue weighted by Gasteiger charge is -2.28. The van der Waals surface area contributed by atoms with E-state index < -0.39 is 139 Å². The van der Waals surface area contributed by atoms with Gasteiger partial charge in [0.25, 0.3) is 0 Å². The van der Waals surface area contributed by atoms with Crippen molar-refractivity contribution in [3.8, 4) is 11.5 Å². The number of nitrogens with two attached hydrogens (primary N) is 2. The number of unbranched alkanes of at least 4 members (excludes halogenated alkanes) is 1. The number of phenols is 2. The number of amides is 8. The summed E-state index contributed by atoms with van der Waals surface area (Å²) in [5, 5.41) is 76.9. The quantitative estimate of drug-likeness (QED) is 0.0328. The molecule has 0 bridgehead atoms. The average Bonchev–Trinajstić information content (AvgIpc) is 3.30. The number of carbonyl (C=O) groups excluding carboxylic acids is 8. The first-order valence-corrected chi connectivity index (χ1v) is 22.5. The third-order valence-corrected chi connectivity index (χ3v) is 10.7. The molecular weight excluding hydrogens is 937 g/mol. The molecular formula is C45H66N10O16. The SMILES string of the molecule is CC(C)[C@H](NC(=O)[C@H](CO)NC(=O)[C@H](CC(=O)O)NC(=O)[C@H](C)NC(=O)[C@H](Cc1ccc(O)cc1)NC(=O)[C@H](Cc1ccc(O)cc1)NC(=O)[C@@H](N)[C@@H](C)O)C(=O)N[C@@H](CCCCN)C(=O)NCC(=O)O. The van der Waals surface area contributed by atoms with Crippen LogP contribution in [0.5, 0.6) is 11.5 Å². The maximum Gasteiger partial charge on any atom is 0.322 e. The monoisotopic (exact) mass is 1000 g/mol. The first kappa shape index (κ1) is 59.7. The summed E-state index contributed by atoms with van der Waals surface area (Å²) < 4.78 is 0. The zero-order valence-electron chi connectivity index (χ0n) is 39.7. The molecule has 0 saturated heterocycles. The Morgan fingerprint density at radius 3 is 1.45 bits per heavy atom. The molecule has 0 unspecified atom stereocenters.